The first kappa shape index (κ1) is 18.9. The number of aliphatic hydroxyl groups excluding tert-OH is 1. The van der Waals surface area contributed by atoms with Gasteiger partial charge in [-0.1, -0.05) is 45.0 Å². The molecule has 1 fully saturated rings. The van der Waals surface area contributed by atoms with Crippen molar-refractivity contribution in [2.75, 3.05) is 26.4 Å². The van der Waals surface area contributed by atoms with E-state index in [0.717, 1.165) is 19.3 Å². The van der Waals surface area contributed by atoms with Crippen LogP contribution in [-0.2, 0) is 21.4 Å². The lowest BCUT2D eigenvalue weighted by Crippen LogP contribution is -2.43. The Bertz CT molecular complexity index is 525. The minimum atomic E-state index is -0.206. The summed E-state index contributed by atoms with van der Waals surface area (Å²) in [4.78, 5) is 12.1. The van der Waals surface area contributed by atoms with E-state index in [1.807, 2.05) is 0 Å². The van der Waals surface area contributed by atoms with Crippen LogP contribution in [0, 0.1) is 5.41 Å². The van der Waals surface area contributed by atoms with Gasteiger partial charge in [-0.3, -0.25) is 4.79 Å². The van der Waals surface area contributed by atoms with Gasteiger partial charge in [0.2, 0.25) is 5.91 Å². The molecule has 4 nitrogen and oxygen atoms in total. The molecule has 1 aromatic carbocycles. The van der Waals surface area contributed by atoms with Crippen LogP contribution in [0.15, 0.2) is 24.3 Å². The summed E-state index contributed by atoms with van der Waals surface area (Å²) in [5, 5.41) is 12.6. The average Bonchev–Trinajstić information content (AvgIpc) is 2.58. The number of benzene rings is 1. The van der Waals surface area contributed by atoms with Gasteiger partial charge in [0.1, 0.15) is 0 Å². The zero-order valence-corrected chi connectivity index (χ0v) is 15.2. The van der Waals surface area contributed by atoms with E-state index in [1.54, 1.807) is 0 Å². The topological polar surface area (TPSA) is 58.6 Å². The van der Waals surface area contributed by atoms with Gasteiger partial charge in [-0.25, -0.2) is 0 Å². The van der Waals surface area contributed by atoms with E-state index in [0.29, 0.717) is 26.2 Å². The highest BCUT2D eigenvalue weighted by atomic mass is 16.5. The van der Waals surface area contributed by atoms with Crippen LogP contribution in [0.4, 0.5) is 0 Å². The summed E-state index contributed by atoms with van der Waals surface area (Å²) >= 11 is 0. The summed E-state index contributed by atoms with van der Waals surface area (Å²) in [6, 6.07) is 8.52. The third-order valence-electron chi connectivity index (χ3n) is 5.01. The smallest absolute Gasteiger partial charge is 0.220 e. The molecule has 1 aliphatic rings. The molecule has 134 valence electrons. The summed E-state index contributed by atoms with van der Waals surface area (Å²) < 4.78 is 5.35. The Labute approximate surface area is 145 Å². The van der Waals surface area contributed by atoms with Gasteiger partial charge in [0, 0.05) is 31.6 Å². The molecule has 0 aromatic heterocycles. The molecule has 2 rings (SSSR count). The molecule has 1 aliphatic heterocycles. The highest BCUT2D eigenvalue weighted by molar-refractivity contribution is 5.76. The number of hydrogen-bond acceptors (Lipinski definition) is 3. The van der Waals surface area contributed by atoms with E-state index in [9.17, 15) is 9.90 Å². The summed E-state index contributed by atoms with van der Waals surface area (Å²) in [6.07, 6.45) is 2.83. The number of aliphatic hydroxyl groups is 1. The minimum absolute atomic E-state index is 0.0502. The summed E-state index contributed by atoms with van der Waals surface area (Å²) in [6.45, 7) is 8.56. The Morgan fingerprint density at radius 3 is 2.38 bits per heavy atom. The van der Waals surface area contributed by atoms with Gasteiger partial charge in [-0.2, -0.15) is 0 Å². The highest BCUT2D eigenvalue weighted by Crippen LogP contribution is 2.29. The number of carbonyl (C=O) groups excluding carboxylic acids is 1. The van der Waals surface area contributed by atoms with Crippen LogP contribution in [-0.4, -0.2) is 37.4 Å². The molecule has 0 atom stereocenters. The molecule has 24 heavy (non-hydrogen) atoms. The molecule has 1 aromatic rings. The van der Waals surface area contributed by atoms with Crippen LogP contribution in [0.1, 0.15) is 51.2 Å². The van der Waals surface area contributed by atoms with Gasteiger partial charge in [0.05, 0.1) is 6.61 Å². The lowest BCUT2D eigenvalue weighted by molar-refractivity contribution is -0.122. The predicted molar refractivity (Wildman–Crippen MR) is 96.0 cm³/mol. The van der Waals surface area contributed by atoms with E-state index in [1.165, 1.54) is 11.1 Å². The molecule has 0 radical (unpaired) electrons. The van der Waals surface area contributed by atoms with Gasteiger partial charge < -0.3 is 15.2 Å². The van der Waals surface area contributed by atoms with E-state index < -0.39 is 0 Å². The summed E-state index contributed by atoms with van der Waals surface area (Å²) in [7, 11) is 0. The minimum Gasteiger partial charge on any atom is -0.396 e. The number of hydrogen-bond donors (Lipinski definition) is 2. The van der Waals surface area contributed by atoms with Crippen LogP contribution < -0.4 is 5.32 Å². The largest absolute Gasteiger partial charge is 0.396 e. The maximum absolute atomic E-state index is 12.1. The zero-order valence-electron chi connectivity index (χ0n) is 15.2. The maximum Gasteiger partial charge on any atom is 0.220 e. The monoisotopic (exact) mass is 333 g/mol. The third kappa shape index (κ3) is 5.32. The van der Waals surface area contributed by atoms with Gasteiger partial charge in [-0.05, 0) is 35.8 Å². The van der Waals surface area contributed by atoms with Crippen molar-refractivity contribution < 1.29 is 14.6 Å². The zero-order chi connectivity index (χ0) is 17.6. The SMILES string of the molecule is CC(C)(C)c1ccc(CCC(=O)NCC2(CO)CCOCC2)cc1. The lowest BCUT2D eigenvalue weighted by atomic mass is 9.81. The fraction of sp³-hybridized carbons (Fsp3) is 0.650. The summed E-state index contributed by atoms with van der Waals surface area (Å²) in [5.74, 6) is 0.0502. The predicted octanol–water partition coefficient (Wildman–Crippen LogP) is 2.82. The summed E-state index contributed by atoms with van der Waals surface area (Å²) in [5.41, 5.74) is 2.43. The standard InChI is InChI=1S/C20H31NO3/c1-19(2,3)17-7-4-16(5-8-17)6-9-18(23)21-14-20(15-22)10-12-24-13-11-20/h4-5,7-8,22H,6,9-15H2,1-3H3,(H,21,23). The second kappa shape index (κ2) is 8.13. The van der Waals surface area contributed by atoms with Gasteiger partial charge in [-0.15, -0.1) is 0 Å². The first-order valence-electron chi connectivity index (χ1n) is 8.89. The Morgan fingerprint density at radius 2 is 1.83 bits per heavy atom. The van der Waals surface area contributed by atoms with Crippen LogP contribution in [0.2, 0.25) is 0 Å². The Morgan fingerprint density at radius 1 is 1.21 bits per heavy atom. The first-order chi connectivity index (χ1) is 11.3. The van der Waals surface area contributed by atoms with Crippen molar-refractivity contribution in [3.63, 3.8) is 0 Å². The molecule has 4 heteroatoms. The van der Waals surface area contributed by atoms with Crippen LogP contribution in [0.3, 0.4) is 0 Å². The van der Waals surface area contributed by atoms with Crippen molar-refractivity contribution in [1.82, 2.24) is 5.32 Å². The number of ether oxygens (including phenoxy) is 1. The van der Waals surface area contributed by atoms with Crippen LogP contribution in [0.5, 0.6) is 0 Å². The van der Waals surface area contributed by atoms with Crippen molar-refractivity contribution in [3.8, 4) is 0 Å². The normalized spacial score (nSPS) is 17.5. The van der Waals surface area contributed by atoms with Crippen molar-refractivity contribution in [1.29, 1.82) is 0 Å². The molecular formula is C20H31NO3. The molecule has 0 aliphatic carbocycles. The molecule has 2 N–H and O–H groups in total. The maximum atomic E-state index is 12.1. The van der Waals surface area contributed by atoms with E-state index in [-0.39, 0.29) is 23.3 Å². The van der Waals surface area contributed by atoms with Gasteiger partial charge >= 0.3 is 0 Å². The Kier molecular flexibility index (Phi) is 6.41. The van der Waals surface area contributed by atoms with Crippen molar-refractivity contribution in [3.05, 3.63) is 35.4 Å². The number of nitrogens with one attached hydrogen (secondary N) is 1. The molecule has 0 saturated carbocycles. The van der Waals surface area contributed by atoms with Gasteiger partial charge in [0.15, 0.2) is 0 Å². The fourth-order valence-electron chi connectivity index (χ4n) is 3.00. The average molecular weight is 333 g/mol. The molecule has 1 amide bonds. The number of carbonyl (C=O) groups is 1. The Balaban J connectivity index is 1.78. The van der Waals surface area contributed by atoms with Crippen molar-refractivity contribution in [2.45, 2.75) is 51.9 Å². The molecule has 1 saturated heterocycles. The molecule has 0 spiro atoms. The molecule has 0 bridgehead atoms. The molecular weight excluding hydrogens is 302 g/mol. The van der Waals surface area contributed by atoms with E-state index in [2.05, 4.69) is 50.4 Å². The number of amides is 1. The molecule has 1 heterocycles. The number of rotatable bonds is 6. The van der Waals surface area contributed by atoms with E-state index in [4.69, 9.17) is 4.74 Å². The quantitative estimate of drug-likeness (QED) is 0.841. The first-order valence-corrected chi connectivity index (χ1v) is 8.89. The lowest BCUT2D eigenvalue weighted by Gasteiger charge is -2.35. The highest BCUT2D eigenvalue weighted by Gasteiger charge is 2.32. The molecule has 0 unspecified atom stereocenters. The van der Waals surface area contributed by atoms with Crippen molar-refractivity contribution >= 4 is 5.91 Å². The fourth-order valence-corrected chi connectivity index (χ4v) is 3.00. The van der Waals surface area contributed by atoms with Crippen molar-refractivity contribution in [2.24, 2.45) is 5.41 Å². The number of aryl methyl sites for hydroxylation is 1. The van der Waals surface area contributed by atoms with Crippen LogP contribution >= 0.6 is 0 Å². The van der Waals surface area contributed by atoms with Crippen LogP contribution in [0.25, 0.3) is 0 Å². The van der Waals surface area contributed by atoms with E-state index >= 15 is 0 Å². The Hall–Kier alpha value is -1.39. The second-order valence-corrected chi connectivity index (χ2v) is 7.99. The van der Waals surface area contributed by atoms with Gasteiger partial charge in [0.25, 0.3) is 0 Å². The third-order valence-corrected chi connectivity index (χ3v) is 5.01. The second-order valence-electron chi connectivity index (χ2n) is 7.99.